The highest BCUT2D eigenvalue weighted by Gasteiger charge is 2.16. The molecule has 19 heavy (non-hydrogen) atoms. The number of benzene rings is 1. The van der Waals surface area contributed by atoms with Crippen LogP contribution in [-0.2, 0) is 0 Å². The van der Waals surface area contributed by atoms with Crippen LogP contribution < -0.4 is 0 Å². The summed E-state index contributed by atoms with van der Waals surface area (Å²) in [5, 5.41) is 0. The number of Topliss-reactive ketones (excluding diaryl/α,β-unsaturated/α-hetero) is 1. The van der Waals surface area contributed by atoms with Gasteiger partial charge in [0.2, 0.25) is 0 Å². The van der Waals surface area contributed by atoms with Crippen molar-refractivity contribution in [3.8, 4) is 0 Å². The van der Waals surface area contributed by atoms with E-state index in [9.17, 15) is 4.79 Å². The van der Waals surface area contributed by atoms with E-state index >= 15 is 0 Å². The molecule has 0 radical (unpaired) electrons. The molecule has 0 aliphatic heterocycles. The summed E-state index contributed by atoms with van der Waals surface area (Å²) in [5.41, 5.74) is 1.99. The van der Waals surface area contributed by atoms with Crippen LogP contribution in [0, 0.1) is 6.92 Å². The predicted octanol–water partition coefficient (Wildman–Crippen LogP) is 4.08. The molecule has 1 aromatic carbocycles. The Labute approximate surface area is 117 Å². The molecule has 0 heterocycles. The molecule has 0 saturated carbocycles. The molecule has 0 aliphatic rings. The van der Waals surface area contributed by atoms with Crippen molar-refractivity contribution in [2.24, 2.45) is 0 Å². The number of aryl methyl sites for hydroxylation is 1. The summed E-state index contributed by atoms with van der Waals surface area (Å²) in [4.78, 5) is 14.7. The summed E-state index contributed by atoms with van der Waals surface area (Å²) in [7, 11) is 0. The van der Waals surface area contributed by atoms with Crippen molar-refractivity contribution in [2.45, 2.75) is 53.0 Å². The number of carbonyl (C=O) groups is 1. The molecular weight excluding hydrogens is 234 g/mol. The van der Waals surface area contributed by atoms with Crippen LogP contribution in [0.5, 0.6) is 0 Å². The minimum Gasteiger partial charge on any atom is -0.293 e. The van der Waals surface area contributed by atoms with Crippen LogP contribution in [0.2, 0.25) is 0 Å². The van der Waals surface area contributed by atoms with Gasteiger partial charge in [0.15, 0.2) is 5.78 Å². The monoisotopic (exact) mass is 261 g/mol. The quantitative estimate of drug-likeness (QED) is 0.657. The van der Waals surface area contributed by atoms with Crippen LogP contribution in [0.15, 0.2) is 24.3 Å². The SMILES string of the molecule is CCCCN(CC(=O)c1cccc(C)c1)C(C)CC. The van der Waals surface area contributed by atoms with E-state index in [-0.39, 0.29) is 5.78 Å². The summed E-state index contributed by atoms with van der Waals surface area (Å²) in [6, 6.07) is 8.36. The van der Waals surface area contributed by atoms with Gasteiger partial charge in [-0.15, -0.1) is 0 Å². The summed E-state index contributed by atoms with van der Waals surface area (Å²) < 4.78 is 0. The molecular formula is C17H27NO. The van der Waals surface area contributed by atoms with Gasteiger partial charge >= 0.3 is 0 Å². The lowest BCUT2D eigenvalue weighted by Gasteiger charge is -2.27. The topological polar surface area (TPSA) is 20.3 Å². The van der Waals surface area contributed by atoms with Gasteiger partial charge in [-0.1, -0.05) is 44.0 Å². The van der Waals surface area contributed by atoms with Crippen LogP contribution in [0.3, 0.4) is 0 Å². The second-order valence-corrected chi connectivity index (χ2v) is 5.37. The van der Waals surface area contributed by atoms with Crippen molar-refractivity contribution in [1.29, 1.82) is 0 Å². The molecule has 1 rings (SSSR count). The zero-order valence-electron chi connectivity index (χ0n) is 12.8. The Balaban J connectivity index is 2.69. The van der Waals surface area contributed by atoms with Crippen LogP contribution in [0.4, 0.5) is 0 Å². The molecule has 0 amide bonds. The van der Waals surface area contributed by atoms with Crippen LogP contribution in [0.25, 0.3) is 0 Å². The first kappa shape index (κ1) is 15.9. The second kappa shape index (κ2) is 8.11. The van der Waals surface area contributed by atoms with Gasteiger partial charge in [-0.05, 0) is 39.3 Å². The molecule has 2 nitrogen and oxygen atoms in total. The largest absolute Gasteiger partial charge is 0.293 e. The van der Waals surface area contributed by atoms with Crippen molar-refractivity contribution < 1.29 is 4.79 Å². The van der Waals surface area contributed by atoms with E-state index in [1.807, 2.05) is 31.2 Å². The normalized spacial score (nSPS) is 12.7. The second-order valence-electron chi connectivity index (χ2n) is 5.37. The van der Waals surface area contributed by atoms with E-state index < -0.39 is 0 Å². The zero-order valence-corrected chi connectivity index (χ0v) is 12.8. The molecule has 1 aromatic rings. The van der Waals surface area contributed by atoms with Gasteiger partial charge in [0.25, 0.3) is 0 Å². The fourth-order valence-corrected chi connectivity index (χ4v) is 2.17. The average Bonchev–Trinajstić information content (AvgIpc) is 2.42. The predicted molar refractivity (Wildman–Crippen MR) is 81.7 cm³/mol. The summed E-state index contributed by atoms with van der Waals surface area (Å²) >= 11 is 0. The number of nitrogens with zero attached hydrogens (tertiary/aromatic N) is 1. The van der Waals surface area contributed by atoms with Crippen molar-refractivity contribution in [3.05, 3.63) is 35.4 Å². The van der Waals surface area contributed by atoms with Crippen LogP contribution >= 0.6 is 0 Å². The summed E-state index contributed by atoms with van der Waals surface area (Å²) in [6.45, 7) is 10.2. The van der Waals surface area contributed by atoms with Crippen molar-refractivity contribution in [2.75, 3.05) is 13.1 Å². The molecule has 0 aliphatic carbocycles. The zero-order chi connectivity index (χ0) is 14.3. The third-order valence-electron chi connectivity index (χ3n) is 3.70. The summed E-state index contributed by atoms with van der Waals surface area (Å²) in [5.74, 6) is 0.236. The molecule has 0 aromatic heterocycles. The van der Waals surface area contributed by atoms with Gasteiger partial charge in [0.1, 0.15) is 0 Å². The third-order valence-corrected chi connectivity index (χ3v) is 3.70. The number of ketones is 1. The molecule has 0 bridgehead atoms. The highest BCUT2D eigenvalue weighted by atomic mass is 16.1. The van der Waals surface area contributed by atoms with Crippen LogP contribution in [-0.4, -0.2) is 29.8 Å². The Kier molecular flexibility index (Phi) is 6.79. The summed E-state index contributed by atoms with van der Waals surface area (Å²) in [6.07, 6.45) is 3.42. The minimum atomic E-state index is 0.236. The van der Waals surface area contributed by atoms with Gasteiger partial charge in [-0.2, -0.15) is 0 Å². The Morgan fingerprint density at radius 3 is 2.63 bits per heavy atom. The lowest BCUT2D eigenvalue weighted by Crippen LogP contribution is -2.37. The molecule has 0 saturated heterocycles. The Hall–Kier alpha value is -1.15. The van der Waals surface area contributed by atoms with Gasteiger partial charge in [0.05, 0.1) is 6.54 Å². The molecule has 2 heteroatoms. The molecule has 106 valence electrons. The van der Waals surface area contributed by atoms with Gasteiger partial charge in [-0.25, -0.2) is 0 Å². The smallest absolute Gasteiger partial charge is 0.176 e. The van der Waals surface area contributed by atoms with E-state index in [2.05, 4.69) is 25.7 Å². The number of rotatable bonds is 8. The Bertz CT molecular complexity index is 400. The maximum atomic E-state index is 12.3. The fourth-order valence-electron chi connectivity index (χ4n) is 2.17. The van der Waals surface area contributed by atoms with Crippen molar-refractivity contribution in [3.63, 3.8) is 0 Å². The van der Waals surface area contributed by atoms with Crippen LogP contribution in [0.1, 0.15) is 56.0 Å². The van der Waals surface area contributed by atoms with Crippen molar-refractivity contribution in [1.82, 2.24) is 4.90 Å². The van der Waals surface area contributed by atoms with E-state index in [4.69, 9.17) is 0 Å². The van der Waals surface area contributed by atoms with E-state index in [1.54, 1.807) is 0 Å². The third kappa shape index (κ3) is 5.15. The fraction of sp³-hybridized carbons (Fsp3) is 0.588. The van der Waals surface area contributed by atoms with E-state index in [1.165, 1.54) is 6.42 Å². The van der Waals surface area contributed by atoms with E-state index in [0.29, 0.717) is 12.6 Å². The number of unbranched alkanes of at least 4 members (excludes halogenated alkanes) is 1. The van der Waals surface area contributed by atoms with E-state index in [0.717, 1.165) is 30.5 Å². The first-order valence-corrected chi connectivity index (χ1v) is 7.42. The minimum absolute atomic E-state index is 0.236. The maximum Gasteiger partial charge on any atom is 0.176 e. The Morgan fingerprint density at radius 1 is 1.32 bits per heavy atom. The molecule has 1 unspecified atom stereocenters. The van der Waals surface area contributed by atoms with Gasteiger partial charge in [0, 0.05) is 11.6 Å². The Morgan fingerprint density at radius 2 is 2.05 bits per heavy atom. The maximum absolute atomic E-state index is 12.3. The highest BCUT2D eigenvalue weighted by Crippen LogP contribution is 2.10. The first-order chi connectivity index (χ1) is 9.08. The van der Waals surface area contributed by atoms with Crippen molar-refractivity contribution >= 4 is 5.78 Å². The standard InChI is InChI=1S/C17H27NO/c1-5-7-11-18(15(4)6-2)13-17(19)16-10-8-9-14(3)12-16/h8-10,12,15H,5-7,11,13H2,1-4H3. The number of hydrogen-bond donors (Lipinski definition) is 0. The molecule has 1 atom stereocenters. The van der Waals surface area contributed by atoms with Gasteiger partial charge in [-0.3, -0.25) is 9.69 Å². The number of hydrogen-bond acceptors (Lipinski definition) is 2. The molecule has 0 N–H and O–H groups in total. The molecule has 0 fully saturated rings. The number of carbonyl (C=O) groups excluding carboxylic acids is 1. The highest BCUT2D eigenvalue weighted by molar-refractivity contribution is 5.97. The molecule has 0 spiro atoms. The lowest BCUT2D eigenvalue weighted by atomic mass is 10.1. The van der Waals surface area contributed by atoms with Gasteiger partial charge < -0.3 is 0 Å². The lowest BCUT2D eigenvalue weighted by molar-refractivity contribution is 0.0894. The first-order valence-electron chi connectivity index (χ1n) is 7.42. The average molecular weight is 261 g/mol.